The van der Waals surface area contributed by atoms with E-state index in [9.17, 15) is 14.4 Å². The predicted molar refractivity (Wildman–Crippen MR) is 114 cm³/mol. The molecule has 4 rings (SSSR count). The van der Waals surface area contributed by atoms with Gasteiger partial charge in [-0.2, -0.15) is 0 Å². The van der Waals surface area contributed by atoms with Gasteiger partial charge in [0.2, 0.25) is 0 Å². The number of nitrogens with zero attached hydrogens (tertiary/aromatic N) is 2. The SMILES string of the molecule is O=C(OCC(=O)N1CCc2sccc2C1)C1CCCN(C(=O)Nc2ccccc2)C1. The number of para-hydroxylation sites is 1. The lowest BCUT2D eigenvalue weighted by Crippen LogP contribution is -2.45. The van der Waals surface area contributed by atoms with Crippen LogP contribution in [0.1, 0.15) is 23.3 Å². The Labute approximate surface area is 179 Å². The van der Waals surface area contributed by atoms with E-state index in [2.05, 4.69) is 5.32 Å². The van der Waals surface area contributed by atoms with E-state index < -0.39 is 11.9 Å². The largest absolute Gasteiger partial charge is 0.455 e. The average molecular weight is 428 g/mol. The van der Waals surface area contributed by atoms with Crippen molar-refractivity contribution in [2.45, 2.75) is 25.8 Å². The van der Waals surface area contributed by atoms with E-state index >= 15 is 0 Å². The van der Waals surface area contributed by atoms with Crippen molar-refractivity contribution in [3.05, 3.63) is 52.2 Å². The van der Waals surface area contributed by atoms with Crippen LogP contribution in [-0.4, -0.2) is 53.9 Å². The molecule has 8 heteroatoms. The summed E-state index contributed by atoms with van der Waals surface area (Å²) in [5.41, 5.74) is 1.89. The van der Waals surface area contributed by atoms with Crippen molar-refractivity contribution >= 4 is 34.9 Å². The summed E-state index contributed by atoms with van der Waals surface area (Å²) in [7, 11) is 0. The van der Waals surface area contributed by atoms with Crippen LogP contribution in [0.15, 0.2) is 41.8 Å². The zero-order valence-electron chi connectivity index (χ0n) is 16.7. The molecule has 30 heavy (non-hydrogen) atoms. The number of likely N-dealkylation sites (tertiary alicyclic amines) is 1. The second kappa shape index (κ2) is 9.30. The zero-order valence-corrected chi connectivity index (χ0v) is 17.5. The van der Waals surface area contributed by atoms with Crippen molar-refractivity contribution in [1.29, 1.82) is 0 Å². The van der Waals surface area contributed by atoms with Crippen molar-refractivity contribution in [1.82, 2.24) is 9.80 Å². The fourth-order valence-corrected chi connectivity index (χ4v) is 4.77. The molecule has 1 saturated heterocycles. The molecule has 1 N–H and O–H groups in total. The van der Waals surface area contributed by atoms with Crippen molar-refractivity contribution < 1.29 is 19.1 Å². The fourth-order valence-electron chi connectivity index (χ4n) is 3.88. The summed E-state index contributed by atoms with van der Waals surface area (Å²) < 4.78 is 5.33. The molecular formula is C22H25N3O4S. The van der Waals surface area contributed by atoms with E-state index in [-0.39, 0.29) is 18.5 Å². The van der Waals surface area contributed by atoms with Crippen LogP contribution in [0.3, 0.4) is 0 Å². The minimum Gasteiger partial charge on any atom is -0.455 e. The third-order valence-corrected chi connectivity index (χ3v) is 6.59. The van der Waals surface area contributed by atoms with Gasteiger partial charge in [0.1, 0.15) is 0 Å². The third kappa shape index (κ3) is 4.81. The lowest BCUT2D eigenvalue weighted by Gasteiger charge is -2.32. The number of ether oxygens (including phenoxy) is 1. The van der Waals surface area contributed by atoms with Crippen LogP contribution in [-0.2, 0) is 27.3 Å². The predicted octanol–water partition coefficient (Wildman–Crippen LogP) is 3.12. The Balaban J connectivity index is 1.25. The molecule has 0 saturated carbocycles. The van der Waals surface area contributed by atoms with E-state index in [1.165, 1.54) is 10.4 Å². The minimum atomic E-state index is -0.409. The number of rotatable bonds is 4. The van der Waals surface area contributed by atoms with Crippen LogP contribution in [0.25, 0.3) is 0 Å². The third-order valence-electron chi connectivity index (χ3n) is 5.57. The maximum atomic E-state index is 12.5. The molecular weight excluding hydrogens is 402 g/mol. The summed E-state index contributed by atoms with van der Waals surface area (Å²) in [6.45, 7) is 1.88. The van der Waals surface area contributed by atoms with Gasteiger partial charge in [0.05, 0.1) is 5.92 Å². The first kappa shape index (κ1) is 20.4. The molecule has 1 fully saturated rings. The monoisotopic (exact) mass is 427 g/mol. The summed E-state index contributed by atoms with van der Waals surface area (Å²) in [6, 6.07) is 11.0. The van der Waals surface area contributed by atoms with Gasteiger partial charge in [-0.15, -0.1) is 11.3 Å². The van der Waals surface area contributed by atoms with E-state index in [4.69, 9.17) is 4.74 Å². The Morgan fingerprint density at radius 2 is 1.93 bits per heavy atom. The van der Waals surface area contributed by atoms with Crippen molar-refractivity contribution in [2.75, 3.05) is 31.6 Å². The Morgan fingerprint density at radius 3 is 2.77 bits per heavy atom. The maximum Gasteiger partial charge on any atom is 0.321 e. The van der Waals surface area contributed by atoms with Crippen LogP contribution in [0, 0.1) is 5.92 Å². The number of carbonyl (C=O) groups is 3. The second-order valence-electron chi connectivity index (χ2n) is 7.62. The molecule has 3 heterocycles. The summed E-state index contributed by atoms with van der Waals surface area (Å²) in [4.78, 5) is 42.2. The summed E-state index contributed by atoms with van der Waals surface area (Å²) >= 11 is 1.72. The number of hydrogen-bond acceptors (Lipinski definition) is 5. The molecule has 0 radical (unpaired) electrons. The highest BCUT2D eigenvalue weighted by atomic mass is 32.1. The quantitative estimate of drug-likeness (QED) is 0.761. The van der Waals surface area contributed by atoms with Gasteiger partial charge in [-0.1, -0.05) is 18.2 Å². The molecule has 7 nitrogen and oxygen atoms in total. The Hall–Kier alpha value is -2.87. The van der Waals surface area contributed by atoms with Crippen LogP contribution in [0.5, 0.6) is 0 Å². The van der Waals surface area contributed by atoms with Gasteiger partial charge in [-0.3, -0.25) is 9.59 Å². The van der Waals surface area contributed by atoms with E-state index in [1.807, 2.05) is 41.8 Å². The molecule has 2 aliphatic heterocycles. The zero-order chi connectivity index (χ0) is 20.9. The molecule has 2 aliphatic rings. The van der Waals surface area contributed by atoms with Crippen LogP contribution < -0.4 is 5.32 Å². The van der Waals surface area contributed by atoms with Crippen molar-refractivity contribution in [3.8, 4) is 0 Å². The highest BCUT2D eigenvalue weighted by Crippen LogP contribution is 2.24. The normalized spacial score (nSPS) is 18.5. The first-order valence-corrected chi connectivity index (χ1v) is 11.1. The molecule has 1 aromatic heterocycles. The van der Waals surface area contributed by atoms with E-state index in [0.29, 0.717) is 38.3 Å². The number of hydrogen-bond donors (Lipinski definition) is 1. The highest BCUT2D eigenvalue weighted by molar-refractivity contribution is 7.10. The van der Waals surface area contributed by atoms with Gasteiger partial charge in [0.25, 0.3) is 5.91 Å². The summed E-state index contributed by atoms with van der Waals surface area (Å²) in [5, 5.41) is 4.89. The number of nitrogens with one attached hydrogen (secondary N) is 1. The smallest absolute Gasteiger partial charge is 0.321 e. The maximum absolute atomic E-state index is 12.5. The molecule has 0 spiro atoms. The summed E-state index contributed by atoms with van der Waals surface area (Å²) in [5.74, 6) is -0.985. The van der Waals surface area contributed by atoms with E-state index in [0.717, 1.165) is 12.8 Å². The molecule has 1 aromatic carbocycles. The van der Waals surface area contributed by atoms with E-state index in [1.54, 1.807) is 21.1 Å². The molecule has 2 aromatic rings. The van der Waals surface area contributed by atoms with Crippen molar-refractivity contribution in [3.63, 3.8) is 0 Å². The molecule has 3 amide bonds. The van der Waals surface area contributed by atoms with Crippen molar-refractivity contribution in [2.24, 2.45) is 5.92 Å². The lowest BCUT2D eigenvalue weighted by molar-refractivity contribution is -0.157. The first-order valence-electron chi connectivity index (χ1n) is 10.2. The number of anilines is 1. The topological polar surface area (TPSA) is 79.0 Å². The Morgan fingerprint density at radius 1 is 1.10 bits per heavy atom. The van der Waals surface area contributed by atoms with Gasteiger partial charge in [0, 0.05) is 36.7 Å². The van der Waals surface area contributed by atoms with Crippen LogP contribution in [0.4, 0.5) is 10.5 Å². The fraction of sp³-hybridized carbons (Fsp3) is 0.409. The molecule has 0 bridgehead atoms. The molecule has 1 unspecified atom stereocenters. The Bertz CT molecular complexity index is 914. The molecule has 0 aliphatic carbocycles. The standard InChI is InChI=1S/C22H25N3O4S/c26-20(24-11-8-19-16(13-24)9-12-30-19)15-29-21(27)17-5-4-10-25(14-17)22(28)23-18-6-2-1-3-7-18/h1-3,6-7,9,12,17H,4-5,8,10-11,13-15H2,(H,23,28). The lowest BCUT2D eigenvalue weighted by atomic mass is 9.98. The first-order chi connectivity index (χ1) is 14.6. The Kier molecular flexibility index (Phi) is 6.32. The van der Waals surface area contributed by atoms with Crippen LogP contribution in [0.2, 0.25) is 0 Å². The second-order valence-corrected chi connectivity index (χ2v) is 8.62. The molecule has 158 valence electrons. The van der Waals surface area contributed by atoms with Gasteiger partial charge < -0.3 is 19.9 Å². The number of carbonyl (C=O) groups excluding carboxylic acids is 3. The minimum absolute atomic E-state index is 0.172. The number of urea groups is 1. The highest BCUT2D eigenvalue weighted by Gasteiger charge is 2.30. The number of fused-ring (bicyclic) bond motifs is 1. The van der Waals surface area contributed by atoms with Gasteiger partial charge in [0.15, 0.2) is 6.61 Å². The van der Waals surface area contributed by atoms with Crippen LogP contribution >= 0.6 is 11.3 Å². The summed E-state index contributed by atoms with van der Waals surface area (Å²) in [6.07, 6.45) is 2.23. The number of esters is 1. The van der Waals surface area contributed by atoms with Gasteiger partial charge >= 0.3 is 12.0 Å². The molecule has 1 atom stereocenters. The number of benzene rings is 1. The van der Waals surface area contributed by atoms with Gasteiger partial charge in [-0.25, -0.2) is 4.79 Å². The van der Waals surface area contributed by atoms with Gasteiger partial charge in [-0.05, 0) is 48.4 Å². The average Bonchev–Trinajstić information content (AvgIpc) is 3.26. The number of piperidine rings is 1. The number of thiophene rings is 1. The number of amides is 3.